The molecule has 0 aromatic heterocycles. The quantitative estimate of drug-likeness (QED) is 0.405. The third kappa shape index (κ3) is 4.80. The van der Waals surface area contributed by atoms with Crippen LogP contribution in [0.1, 0.15) is 13.3 Å². The van der Waals surface area contributed by atoms with Gasteiger partial charge in [-0.15, -0.1) is 0 Å². The molecule has 0 bridgehead atoms. The van der Waals surface area contributed by atoms with Crippen LogP contribution in [0.25, 0.3) is 0 Å². The van der Waals surface area contributed by atoms with E-state index < -0.39 is 5.78 Å². The van der Waals surface area contributed by atoms with Gasteiger partial charge >= 0.3 is 0 Å². The topological polar surface area (TPSA) is 63.6 Å². The van der Waals surface area contributed by atoms with Crippen molar-refractivity contribution in [3.63, 3.8) is 0 Å². The lowest BCUT2D eigenvalue weighted by Gasteiger charge is -1.86. The highest BCUT2D eigenvalue weighted by Crippen LogP contribution is 1.84. The largest absolute Gasteiger partial charge is 0.300 e. The lowest BCUT2D eigenvalue weighted by atomic mass is 10.2. The van der Waals surface area contributed by atoms with Crippen molar-refractivity contribution < 1.29 is 9.59 Å². The van der Waals surface area contributed by atoms with Crippen LogP contribution in [0.15, 0.2) is 5.18 Å². The molecule has 0 N–H and O–H groups in total. The van der Waals surface area contributed by atoms with E-state index in [1.165, 1.54) is 6.92 Å². The van der Waals surface area contributed by atoms with Crippen LogP contribution in [0.2, 0.25) is 0 Å². The predicted molar refractivity (Wildman–Crippen MR) is 31.0 cm³/mol. The van der Waals surface area contributed by atoms with E-state index in [-0.39, 0.29) is 18.7 Å². The van der Waals surface area contributed by atoms with Crippen LogP contribution in [0.5, 0.6) is 0 Å². The molecule has 0 fully saturated rings. The van der Waals surface area contributed by atoms with Crippen molar-refractivity contribution in [2.45, 2.75) is 13.3 Å². The molecule has 0 unspecified atom stereocenters. The number of carbonyl (C=O) groups excluding carboxylic acids is 2. The molecular weight excluding hydrogens is 122 g/mol. The highest BCUT2D eigenvalue weighted by molar-refractivity contribution is 5.98. The number of ketones is 2. The van der Waals surface area contributed by atoms with Gasteiger partial charge in [0.15, 0.2) is 5.78 Å². The summed E-state index contributed by atoms with van der Waals surface area (Å²) in [7, 11) is 0. The number of hydrogen-bond acceptors (Lipinski definition) is 4. The van der Waals surface area contributed by atoms with Gasteiger partial charge in [-0.05, 0) is 6.92 Å². The molecule has 9 heavy (non-hydrogen) atoms. The molecule has 0 rings (SSSR count). The molecule has 0 spiro atoms. The lowest BCUT2D eigenvalue weighted by molar-refractivity contribution is -0.125. The Labute approximate surface area is 52.2 Å². The zero-order valence-electron chi connectivity index (χ0n) is 5.09. The minimum absolute atomic E-state index is 0.175. The van der Waals surface area contributed by atoms with Gasteiger partial charge in [0, 0.05) is 0 Å². The first-order valence-corrected chi connectivity index (χ1v) is 2.47. The number of nitroso groups, excluding NO2 is 1. The van der Waals surface area contributed by atoms with Gasteiger partial charge in [-0.25, -0.2) is 0 Å². The third-order valence-electron chi connectivity index (χ3n) is 0.687. The number of Topliss-reactive ketones (excluding diaryl/α,β-unsaturated/α-hetero) is 2. The maximum absolute atomic E-state index is 10.3. The van der Waals surface area contributed by atoms with Crippen LogP contribution in [-0.4, -0.2) is 18.1 Å². The fourth-order valence-corrected chi connectivity index (χ4v) is 0.406. The van der Waals surface area contributed by atoms with Crippen molar-refractivity contribution >= 4 is 11.6 Å². The van der Waals surface area contributed by atoms with Gasteiger partial charge in [0.2, 0.25) is 0 Å². The fourth-order valence-electron chi connectivity index (χ4n) is 0.406. The van der Waals surface area contributed by atoms with Crippen LogP contribution in [-0.2, 0) is 9.59 Å². The number of hydrogen-bond donors (Lipinski definition) is 0. The van der Waals surface area contributed by atoms with E-state index in [4.69, 9.17) is 0 Å². The Morgan fingerprint density at radius 2 is 2.00 bits per heavy atom. The average molecular weight is 129 g/mol. The molecule has 0 radical (unpaired) electrons. The van der Waals surface area contributed by atoms with Crippen molar-refractivity contribution in [2.24, 2.45) is 5.18 Å². The first-order chi connectivity index (χ1) is 4.16. The Morgan fingerprint density at radius 1 is 1.44 bits per heavy atom. The molecule has 0 aliphatic carbocycles. The monoisotopic (exact) mass is 129 g/mol. The molecule has 4 nitrogen and oxygen atoms in total. The summed E-state index contributed by atoms with van der Waals surface area (Å²) in [6.07, 6.45) is -0.175. The summed E-state index contributed by atoms with van der Waals surface area (Å²) in [5, 5.41) is 2.34. The first-order valence-electron chi connectivity index (χ1n) is 2.47. The van der Waals surface area contributed by atoms with Crippen molar-refractivity contribution in [2.75, 3.05) is 6.54 Å². The Bertz CT molecular complexity index is 141. The Kier molecular flexibility index (Phi) is 3.43. The molecule has 0 amide bonds. The molecule has 0 atom stereocenters. The Balaban J connectivity index is 3.50. The lowest BCUT2D eigenvalue weighted by Crippen LogP contribution is -2.06. The second kappa shape index (κ2) is 3.88. The summed E-state index contributed by atoms with van der Waals surface area (Å²) in [5.41, 5.74) is 0. The molecule has 50 valence electrons. The van der Waals surface area contributed by atoms with E-state index in [0.717, 1.165) is 0 Å². The maximum atomic E-state index is 10.3. The maximum Gasteiger partial charge on any atom is 0.165 e. The third-order valence-corrected chi connectivity index (χ3v) is 0.687. The molecule has 0 saturated heterocycles. The molecule has 0 aliphatic rings. The summed E-state index contributed by atoms with van der Waals surface area (Å²) >= 11 is 0. The van der Waals surface area contributed by atoms with Gasteiger partial charge in [0.25, 0.3) is 0 Å². The van der Waals surface area contributed by atoms with Gasteiger partial charge in [0.1, 0.15) is 12.3 Å². The predicted octanol–water partition coefficient (Wildman–Crippen LogP) is 0.301. The zero-order chi connectivity index (χ0) is 7.28. The number of carbonyl (C=O) groups is 2. The van der Waals surface area contributed by atoms with Gasteiger partial charge in [-0.3, -0.25) is 9.59 Å². The zero-order valence-corrected chi connectivity index (χ0v) is 5.09. The normalized spacial score (nSPS) is 8.56. The Morgan fingerprint density at radius 3 is 2.33 bits per heavy atom. The van der Waals surface area contributed by atoms with Crippen LogP contribution in [0, 0.1) is 4.91 Å². The van der Waals surface area contributed by atoms with Gasteiger partial charge < -0.3 is 0 Å². The summed E-state index contributed by atoms with van der Waals surface area (Å²) in [6.45, 7) is 0.905. The molecule has 0 heterocycles. The standard InChI is InChI=1S/C5H7NO3/c1-4(7)2-5(8)3-6-9/h2-3H2,1H3. The van der Waals surface area contributed by atoms with Crippen LogP contribution in [0.3, 0.4) is 0 Å². The number of rotatable bonds is 4. The minimum Gasteiger partial charge on any atom is -0.300 e. The highest BCUT2D eigenvalue weighted by atomic mass is 16.3. The second-order valence-electron chi connectivity index (χ2n) is 1.70. The molecule has 4 heteroatoms. The fraction of sp³-hybridized carbons (Fsp3) is 0.600. The van der Waals surface area contributed by atoms with Gasteiger partial charge in [-0.1, -0.05) is 5.18 Å². The van der Waals surface area contributed by atoms with Crippen LogP contribution >= 0.6 is 0 Å². The summed E-state index contributed by atoms with van der Waals surface area (Å²) in [4.78, 5) is 29.9. The molecule has 0 aromatic carbocycles. The van der Waals surface area contributed by atoms with Crippen LogP contribution in [0.4, 0.5) is 0 Å². The van der Waals surface area contributed by atoms with Gasteiger partial charge in [-0.2, -0.15) is 4.91 Å². The minimum atomic E-state index is -0.419. The van der Waals surface area contributed by atoms with Crippen molar-refractivity contribution in [1.82, 2.24) is 0 Å². The van der Waals surface area contributed by atoms with Gasteiger partial charge in [0.05, 0.1) is 6.42 Å². The smallest absolute Gasteiger partial charge is 0.165 e. The Hall–Kier alpha value is -1.06. The summed E-state index contributed by atoms with van der Waals surface area (Å²) in [5.74, 6) is -0.652. The first kappa shape index (κ1) is 7.94. The number of nitrogens with zero attached hydrogens (tertiary/aromatic N) is 1. The highest BCUT2D eigenvalue weighted by Gasteiger charge is 2.03. The summed E-state index contributed by atoms with van der Waals surface area (Å²) < 4.78 is 0. The van der Waals surface area contributed by atoms with E-state index in [9.17, 15) is 14.5 Å². The molecule has 0 saturated carbocycles. The molecule has 0 aromatic rings. The average Bonchev–Trinajstić information content (AvgIpc) is 1.63. The second-order valence-corrected chi connectivity index (χ2v) is 1.70. The van der Waals surface area contributed by atoms with E-state index in [1.54, 1.807) is 0 Å². The van der Waals surface area contributed by atoms with E-state index >= 15 is 0 Å². The van der Waals surface area contributed by atoms with E-state index in [1.807, 2.05) is 0 Å². The van der Waals surface area contributed by atoms with Crippen molar-refractivity contribution in [3.05, 3.63) is 4.91 Å². The molecule has 0 aliphatic heterocycles. The summed E-state index contributed by atoms with van der Waals surface area (Å²) in [6, 6.07) is 0. The SMILES string of the molecule is CC(=O)CC(=O)CN=O. The van der Waals surface area contributed by atoms with E-state index in [0.29, 0.717) is 0 Å². The molecular formula is C5H7NO3. The van der Waals surface area contributed by atoms with Crippen molar-refractivity contribution in [3.8, 4) is 0 Å². The van der Waals surface area contributed by atoms with E-state index in [2.05, 4.69) is 5.18 Å². The van der Waals surface area contributed by atoms with Crippen LogP contribution < -0.4 is 0 Å². The van der Waals surface area contributed by atoms with Crippen molar-refractivity contribution in [1.29, 1.82) is 0 Å².